The number of rotatable bonds is 8. The van der Waals surface area contributed by atoms with Crippen molar-refractivity contribution in [2.24, 2.45) is 16.9 Å². The van der Waals surface area contributed by atoms with Gasteiger partial charge >= 0.3 is 6.09 Å². The molecule has 1 spiro atoms. The van der Waals surface area contributed by atoms with Crippen molar-refractivity contribution >= 4 is 63.7 Å². The molecule has 1 fully saturated rings. The summed E-state index contributed by atoms with van der Waals surface area (Å²) in [4.78, 5) is 81.8. The molecule has 0 aliphatic carbocycles. The topological polar surface area (TPSA) is 272 Å². The zero-order valence-electron chi connectivity index (χ0n) is 37.1. The number of hydrogen-bond donors (Lipinski definition) is 4. The number of allylic oxidation sites excluding steroid dienone is 2. The van der Waals surface area contributed by atoms with Crippen LogP contribution in [0, 0.1) is 19.3 Å². The van der Waals surface area contributed by atoms with E-state index in [9.17, 15) is 24.0 Å². The molecule has 0 atom stereocenters. The van der Waals surface area contributed by atoms with E-state index >= 15 is 0 Å². The molecule has 2 aliphatic rings. The summed E-state index contributed by atoms with van der Waals surface area (Å²) in [5.74, 6) is -1.49. The molecule has 2 aromatic carbocycles. The van der Waals surface area contributed by atoms with E-state index in [-0.39, 0.29) is 85.2 Å². The lowest BCUT2D eigenvalue weighted by atomic mass is 9.81. The van der Waals surface area contributed by atoms with Gasteiger partial charge in [-0.1, -0.05) is 19.1 Å². The number of ether oxygens (including phenoxy) is 3. The second kappa shape index (κ2) is 16.8. The third-order valence-electron chi connectivity index (χ3n) is 10.9. The van der Waals surface area contributed by atoms with Gasteiger partial charge in [0.1, 0.15) is 47.0 Å². The van der Waals surface area contributed by atoms with Crippen molar-refractivity contribution in [3.05, 3.63) is 82.3 Å². The Hall–Kier alpha value is -7.71. The van der Waals surface area contributed by atoms with Crippen molar-refractivity contribution in [3.63, 3.8) is 0 Å². The van der Waals surface area contributed by atoms with Gasteiger partial charge in [0.2, 0.25) is 29.5 Å². The van der Waals surface area contributed by atoms with E-state index in [1.165, 1.54) is 29.2 Å². The van der Waals surface area contributed by atoms with Gasteiger partial charge in [0, 0.05) is 50.8 Å². The van der Waals surface area contributed by atoms with E-state index in [1.807, 2.05) is 26.0 Å². The SMILES string of the molecule is CCc1nc(C)oc1C(=O)Nc1nc2cc(C(N)=O)cc3c2n1C/C=C/Cn1c(NC(=O)c2cc(C)nn2CC)nc2cc(C(N)=O)cc(c21)OCC1(CO3)CN(C(=O)OC(C)(C)C)C1. The van der Waals surface area contributed by atoms with Gasteiger partial charge in [-0.05, 0) is 71.4 Å². The lowest BCUT2D eigenvalue weighted by Crippen LogP contribution is -2.64. The minimum Gasteiger partial charge on any atom is -0.490 e. The molecule has 0 saturated carbocycles. The average molecular weight is 891 g/mol. The van der Waals surface area contributed by atoms with Crippen LogP contribution in [0.2, 0.25) is 0 Å². The molecule has 21 heteroatoms. The van der Waals surface area contributed by atoms with Crippen LogP contribution in [-0.4, -0.2) is 100 Å². The number of nitrogens with zero attached hydrogens (tertiary/aromatic N) is 8. The van der Waals surface area contributed by atoms with Crippen LogP contribution < -0.4 is 31.6 Å². The Labute approximate surface area is 372 Å². The van der Waals surface area contributed by atoms with Gasteiger partial charge in [-0.25, -0.2) is 19.7 Å². The highest BCUT2D eigenvalue weighted by Crippen LogP contribution is 2.39. The number of nitrogens with two attached hydrogens (primary N) is 2. The summed E-state index contributed by atoms with van der Waals surface area (Å²) in [6, 6.07) is 7.71. The Bertz CT molecular complexity index is 2770. The zero-order chi connectivity index (χ0) is 46.5. The largest absolute Gasteiger partial charge is 0.490 e. The van der Waals surface area contributed by atoms with Crippen LogP contribution in [0.1, 0.15) is 93.7 Å². The first-order valence-electron chi connectivity index (χ1n) is 21.1. The van der Waals surface area contributed by atoms with Crippen LogP contribution in [0.15, 0.2) is 46.9 Å². The fourth-order valence-corrected chi connectivity index (χ4v) is 7.96. The molecule has 6 aromatic rings. The molecule has 0 radical (unpaired) electrons. The molecule has 4 aromatic heterocycles. The number of aromatic nitrogens is 7. The number of benzene rings is 2. The molecule has 6 heterocycles. The van der Waals surface area contributed by atoms with Gasteiger partial charge in [0.05, 0.1) is 27.8 Å². The molecule has 21 nitrogen and oxygen atoms in total. The van der Waals surface area contributed by atoms with Gasteiger partial charge in [0.15, 0.2) is 5.89 Å². The minimum absolute atomic E-state index is 0.0299. The van der Waals surface area contributed by atoms with Crippen LogP contribution in [0.4, 0.5) is 16.7 Å². The number of anilines is 2. The number of likely N-dealkylation sites (tertiary alicyclic amines) is 1. The minimum atomic E-state index is -0.902. The Morgan fingerprint density at radius 2 is 1.32 bits per heavy atom. The summed E-state index contributed by atoms with van der Waals surface area (Å²) < 4.78 is 29.7. The quantitative estimate of drug-likeness (QED) is 0.151. The summed E-state index contributed by atoms with van der Waals surface area (Å²) >= 11 is 0. The predicted octanol–water partition coefficient (Wildman–Crippen LogP) is 4.74. The number of oxazole rings is 1. The summed E-state index contributed by atoms with van der Waals surface area (Å²) in [5.41, 5.74) is 13.1. The second-order valence-electron chi connectivity index (χ2n) is 17.1. The van der Waals surface area contributed by atoms with Crippen molar-refractivity contribution in [2.45, 2.75) is 80.1 Å². The van der Waals surface area contributed by atoms with Gasteiger partial charge in [-0.2, -0.15) is 5.10 Å². The predicted molar refractivity (Wildman–Crippen MR) is 236 cm³/mol. The van der Waals surface area contributed by atoms with E-state index in [0.717, 1.165) is 0 Å². The van der Waals surface area contributed by atoms with Crippen LogP contribution in [0.25, 0.3) is 22.1 Å². The number of hydrogen-bond acceptors (Lipinski definition) is 13. The number of imidazole rings is 2. The molecular formula is C44H50N12O9. The second-order valence-corrected chi connectivity index (χ2v) is 17.1. The fraction of sp³-hybridized carbons (Fsp3) is 0.386. The number of primary amides is 2. The molecular weight excluding hydrogens is 841 g/mol. The van der Waals surface area contributed by atoms with Crippen molar-refractivity contribution in [3.8, 4) is 11.5 Å². The van der Waals surface area contributed by atoms with Gasteiger partial charge in [-0.15, -0.1) is 0 Å². The number of carbonyl (C=O) groups is 5. The maximum atomic E-state index is 13.9. The van der Waals surface area contributed by atoms with Crippen molar-refractivity contribution in [1.82, 2.24) is 38.8 Å². The molecule has 2 aliphatic heterocycles. The molecule has 6 N–H and O–H groups in total. The lowest BCUT2D eigenvalue weighted by molar-refractivity contribution is -0.0692. The first-order chi connectivity index (χ1) is 30.9. The monoisotopic (exact) mass is 890 g/mol. The summed E-state index contributed by atoms with van der Waals surface area (Å²) in [5, 5.41) is 10.2. The van der Waals surface area contributed by atoms with Crippen molar-refractivity contribution < 1.29 is 42.6 Å². The Morgan fingerprint density at radius 3 is 1.82 bits per heavy atom. The maximum absolute atomic E-state index is 13.9. The third-order valence-corrected chi connectivity index (χ3v) is 10.9. The first-order valence-corrected chi connectivity index (χ1v) is 21.1. The van der Waals surface area contributed by atoms with E-state index in [1.54, 1.807) is 54.5 Å². The van der Waals surface area contributed by atoms with E-state index in [4.69, 9.17) is 40.1 Å². The number of amides is 5. The summed E-state index contributed by atoms with van der Waals surface area (Å²) in [7, 11) is 0. The van der Waals surface area contributed by atoms with Crippen molar-refractivity contribution in [2.75, 3.05) is 36.9 Å². The Kier molecular flexibility index (Phi) is 11.3. The lowest BCUT2D eigenvalue weighted by Gasteiger charge is -2.49. The smallest absolute Gasteiger partial charge is 0.410 e. The van der Waals surface area contributed by atoms with Crippen LogP contribution >= 0.6 is 0 Å². The number of carbonyl (C=O) groups excluding carboxylic acids is 5. The van der Waals surface area contributed by atoms with E-state index in [2.05, 4.69) is 20.7 Å². The summed E-state index contributed by atoms with van der Waals surface area (Å²) in [6.07, 6.45) is 3.54. The van der Waals surface area contributed by atoms with Crippen LogP contribution in [0.3, 0.4) is 0 Å². The van der Waals surface area contributed by atoms with Crippen LogP contribution in [0.5, 0.6) is 11.5 Å². The Balaban J connectivity index is 1.27. The van der Waals surface area contributed by atoms with Gasteiger partial charge in [0.25, 0.3) is 11.8 Å². The highest BCUT2D eigenvalue weighted by Gasteiger charge is 2.49. The number of nitrogens with one attached hydrogen (secondary N) is 2. The molecule has 5 amide bonds. The van der Waals surface area contributed by atoms with E-state index < -0.39 is 40.7 Å². The first kappa shape index (κ1) is 43.9. The molecule has 0 unspecified atom stereocenters. The van der Waals surface area contributed by atoms with Crippen molar-refractivity contribution in [1.29, 1.82) is 0 Å². The summed E-state index contributed by atoms with van der Waals surface area (Å²) in [6.45, 7) is 13.3. The third kappa shape index (κ3) is 8.68. The standard InChI is InChI=1S/C44H50N12O9/c1-8-27-35(64-24(4)47-27)39(60)51-41-49-29-16-26(37(46)58)18-32-34(29)55(41)13-11-10-12-54-33-28(48-40(54)50-38(59)30-14-23(3)52-56(30)9-2)15-25(36(45)57)17-31(33)62-21-44(22-63-32)19-53(20-44)42(61)65-43(5,6)7/h10-11,14-18H,8-9,12-13,19-22H2,1-7H3,(H2,45,57)(H2,46,58)(H,48,50,59)(H,49,51,60)/b11-10+. The zero-order valence-corrected chi connectivity index (χ0v) is 37.1. The molecule has 65 heavy (non-hydrogen) atoms. The fourth-order valence-electron chi connectivity index (χ4n) is 7.96. The molecule has 1 saturated heterocycles. The highest BCUT2D eigenvalue weighted by molar-refractivity contribution is 6.05. The van der Waals surface area contributed by atoms with Gasteiger partial charge in [-0.3, -0.25) is 34.5 Å². The normalized spacial score (nSPS) is 15.3. The molecule has 8 rings (SSSR count). The average Bonchev–Trinajstić information content (AvgIpc) is 3.99. The number of aryl methyl sites for hydroxylation is 4. The molecule has 0 bridgehead atoms. The van der Waals surface area contributed by atoms with E-state index in [0.29, 0.717) is 52.5 Å². The Morgan fingerprint density at radius 1 is 0.785 bits per heavy atom. The highest BCUT2D eigenvalue weighted by atomic mass is 16.6. The van der Waals surface area contributed by atoms with Crippen LogP contribution in [-0.2, 0) is 30.8 Å². The molecule has 340 valence electrons. The maximum Gasteiger partial charge on any atom is 0.410 e. The van der Waals surface area contributed by atoms with Gasteiger partial charge < -0.3 is 44.1 Å².